The number of benzene rings is 1. The van der Waals surface area contributed by atoms with Crippen LogP contribution in [0.2, 0.25) is 0 Å². The monoisotopic (exact) mass is 405 g/mol. The first-order valence-electron chi connectivity index (χ1n) is 8.37. The maximum atomic E-state index is 13.0. The number of rotatable bonds is 3. The van der Waals surface area contributed by atoms with Crippen LogP contribution >= 0.6 is 11.3 Å². The molecule has 0 aliphatic carbocycles. The standard InChI is InChI=1S/C19H14F3N3O2S/c20-19(21,22)13-5-3-12(4-6-13)18(25-17(26)15-10-23-11-28-15)7-9-27-14-2-1-8-24-16(14)18/h1-6,8,10-11H,7,9H2,(H,25,26)/t18-/m0/s1. The summed E-state index contributed by atoms with van der Waals surface area (Å²) in [6, 6.07) is 8.19. The van der Waals surface area contributed by atoms with Gasteiger partial charge < -0.3 is 10.1 Å². The molecule has 3 aromatic rings. The highest BCUT2D eigenvalue weighted by Gasteiger charge is 2.43. The third-order valence-electron chi connectivity index (χ3n) is 4.60. The smallest absolute Gasteiger partial charge is 0.416 e. The van der Waals surface area contributed by atoms with Crippen LogP contribution in [0.5, 0.6) is 5.75 Å². The van der Waals surface area contributed by atoms with Crippen LogP contribution in [0.1, 0.15) is 32.9 Å². The first kappa shape index (κ1) is 18.4. The molecule has 1 N–H and O–H groups in total. The zero-order valence-corrected chi connectivity index (χ0v) is 15.2. The number of ether oxygens (including phenoxy) is 1. The van der Waals surface area contributed by atoms with Crippen LogP contribution in [0, 0.1) is 0 Å². The van der Waals surface area contributed by atoms with E-state index in [0.29, 0.717) is 28.3 Å². The summed E-state index contributed by atoms with van der Waals surface area (Å²) in [5.74, 6) is 0.110. The number of aromatic nitrogens is 2. The largest absolute Gasteiger partial charge is 0.491 e. The first-order chi connectivity index (χ1) is 13.4. The summed E-state index contributed by atoms with van der Waals surface area (Å²) in [7, 11) is 0. The normalized spacial score (nSPS) is 18.8. The van der Waals surface area contributed by atoms with Gasteiger partial charge in [0.25, 0.3) is 5.91 Å². The molecule has 4 rings (SSSR count). The van der Waals surface area contributed by atoms with E-state index in [-0.39, 0.29) is 12.5 Å². The van der Waals surface area contributed by atoms with E-state index in [1.807, 2.05) is 0 Å². The van der Waals surface area contributed by atoms with Crippen molar-refractivity contribution in [2.75, 3.05) is 6.61 Å². The van der Waals surface area contributed by atoms with Crippen LogP contribution in [-0.4, -0.2) is 22.5 Å². The van der Waals surface area contributed by atoms with Crippen LogP contribution in [0.15, 0.2) is 54.3 Å². The molecule has 0 saturated heterocycles. The molecule has 1 aliphatic heterocycles. The van der Waals surface area contributed by atoms with Crippen LogP contribution in [-0.2, 0) is 11.7 Å². The van der Waals surface area contributed by atoms with Crippen molar-refractivity contribution in [2.24, 2.45) is 0 Å². The molecule has 5 nitrogen and oxygen atoms in total. The number of halogens is 3. The Balaban J connectivity index is 1.82. The van der Waals surface area contributed by atoms with Crippen molar-refractivity contribution >= 4 is 17.2 Å². The Hall–Kier alpha value is -2.94. The van der Waals surface area contributed by atoms with Gasteiger partial charge in [-0.2, -0.15) is 13.2 Å². The Morgan fingerprint density at radius 2 is 2.00 bits per heavy atom. The van der Waals surface area contributed by atoms with Gasteiger partial charge in [0.1, 0.15) is 21.9 Å². The SMILES string of the molecule is O=C(N[C@]1(c2ccc(C(F)(F)F)cc2)CCOc2cccnc21)c1cncs1. The lowest BCUT2D eigenvalue weighted by molar-refractivity contribution is -0.137. The first-order valence-corrected chi connectivity index (χ1v) is 9.25. The Morgan fingerprint density at radius 3 is 2.68 bits per heavy atom. The van der Waals surface area contributed by atoms with Crippen LogP contribution in [0.25, 0.3) is 0 Å². The van der Waals surface area contributed by atoms with E-state index in [9.17, 15) is 18.0 Å². The Labute approximate surface area is 162 Å². The fourth-order valence-electron chi connectivity index (χ4n) is 3.26. The summed E-state index contributed by atoms with van der Waals surface area (Å²) in [6.07, 6.45) is -1.11. The van der Waals surface area contributed by atoms with E-state index in [4.69, 9.17) is 4.74 Å². The molecule has 144 valence electrons. The predicted octanol–water partition coefficient (Wildman–Crippen LogP) is 4.01. The van der Waals surface area contributed by atoms with Gasteiger partial charge in [0.15, 0.2) is 0 Å². The minimum atomic E-state index is -4.44. The lowest BCUT2D eigenvalue weighted by Crippen LogP contribution is -2.50. The average molecular weight is 405 g/mol. The number of carbonyl (C=O) groups excluding carboxylic acids is 1. The van der Waals surface area contributed by atoms with E-state index >= 15 is 0 Å². The molecule has 2 aromatic heterocycles. The second kappa shape index (κ2) is 6.90. The lowest BCUT2D eigenvalue weighted by atomic mass is 9.81. The molecule has 1 aliphatic rings. The van der Waals surface area contributed by atoms with Gasteiger partial charge >= 0.3 is 6.18 Å². The summed E-state index contributed by atoms with van der Waals surface area (Å²) in [5.41, 5.74) is 0.629. The number of nitrogens with zero attached hydrogens (tertiary/aromatic N) is 2. The maximum Gasteiger partial charge on any atom is 0.416 e. The number of carbonyl (C=O) groups is 1. The van der Waals surface area contributed by atoms with Crippen molar-refractivity contribution in [3.8, 4) is 5.75 Å². The molecule has 0 bridgehead atoms. The minimum Gasteiger partial charge on any atom is -0.491 e. The van der Waals surface area contributed by atoms with Crippen molar-refractivity contribution in [3.05, 3.63) is 76.0 Å². The Kier molecular flexibility index (Phi) is 4.54. The number of thiazole rings is 1. The van der Waals surface area contributed by atoms with Crippen molar-refractivity contribution in [3.63, 3.8) is 0 Å². The molecule has 3 heterocycles. The highest BCUT2D eigenvalue weighted by atomic mass is 32.1. The molecule has 0 unspecified atom stereocenters. The van der Waals surface area contributed by atoms with Gasteiger partial charge in [-0.05, 0) is 29.8 Å². The van der Waals surface area contributed by atoms with Crippen molar-refractivity contribution < 1.29 is 22.7 Å². The highest BCUT2D eigenvalue weighted by molar-refractivity contribution is 7.11. The summed E-state index contributed by atoms with van der Waals surface area (Å²) in [6.45, 7) is 0.280. The second-order valence-electron chi connectivity index (χ2n) is 6.25. The minimum absolute atomic E-state index is 0.280. The number of amides is 1. The molecule has 0 radical (unpaired) electrons. The Bertz CT molecular complexity index is 990. The molecular formula is C19H14F3N3O2S. The zero-order valence-electron chi connectivity index (χ0n) is 14.4. The fourth-order valence-corrected chi connectivity index (χ4v) is 3.78. The summed E-state index contributed by atoms with van der Waals surface area (Å²) in [5, 5.41) is 2.97. The van der Waals surface area contributed by atoms with E-state index in [2.05, 4.69) is 15.3 Å². The number of pyridine rings is 1. The predicted molar refractivity (Wildman–Crippen MR) is 96.2 cm³/mol. The molecular weight excluding hydrogens is 391 g/mol. The topological polar surface area (TPSA) is 64.1 Å². The van der Waals surface area contributed by atoms with Crippen molar-refractivity contribution in [1.29, 1.82) is 0 Å². The molecule has 1 amide bonds. The number of nitrogens with one attached hydrogen (secondary N) is 1. The van der Waals surface area contributed by atoms with E-state index in [1.165, 1.54) is 35.2 Å². The molecule has 9 heteroatoms. The van der Waals surface area contributed by atoms with E-state index in [0.717, 1.165) is 12.1 Å². The summed E-state index contributed by atoms with van der Waals surface area (Å²) >= 11 is 1.18. The van der Waals surface area contributed by atoms with Gasteiger partial charge in [-0.1, -0.05) is 12.1 Å². The molecule has 1 aromatic carbocycles. The molecule has 0 fully saturated rings. The zero-order chi connectivity index (χ0) is 19.8. The van der Waals surface area contributed by atoms with Gasteiger partial charge in [-0.3, -0.25) is 14.8 Å². The van der Waals surface area contributed by atoms with Gasteiger partial charge in [0, 0.05) is 12.6 Å². The summed E-state index contributed by atoms with van der Waals surface area (Å²) in [4.78, 5) is 21.5. The van der Waals surface area contributed by atoms with Gasteiger partial charge in [0.05, 0.1) is 23.9 Å². The highest BCUT2D eigenvalue weighted by Crippen LogP contribution is 2.41. The summed E-state index contributed by atoms with van der Waals surface area (Å²) < 4.78 is 44.6. The fraction of sp³-hybridized carbons (Fsp3) is 0.211. The number of alkyl halides is 3. The van der Waals surface area contributed by atoms with Crippen molar-refractivity contribution in [2.45, 2.75) is 18.1 Å². The third kappa shape index (κ3) is 3.22. The molecule has 28 heavy (non-hydrogen) atoms. The van der Waals surface area contributed by atoms with Crippen LogP contribution < -0.4 is 10.1 Å². The number of hydrogen-bond acceptors (Lipinski definition) is 5. The molecule has 0 saturated carbocycles. The van der Waals surface area contributed by atoms with Gasteiger partial charge in [-0.25, -0.2) is 0 Å². The second-order valence-corrected chi connectivity index (χ2v) is 7.14. The van der Waals surface area contributed by atoms with Crippen LogP contribution in [0.3, 0.4) is 0 Å². The maximum absolute atomic E-state index is 13.0. The molecule has 0 spiro atoms. The van der Waals surface area contributed by atoms with Gasteiger partial charge in [0.2, 0.25) is 0 Å². The third-order valence-corrected chi connectivity index (χ3v) is 5.37. The Morgan fingerprint density at radius 1 is 1.21 bits per heavy atom. The number of fused-ring (bicyclic) bond motifs is 1. The quantitative estimate of drug-likeness (QED) is 0.715. The van der Waals surface area contributed by atoms with Gasteiger partial charge in [-0.15, -0.1) is 11.3 Å². The van der Waals surface area contributed by atoms with Crippen LogP contribution in [0.4, 0.5) is 13.2 Å². The van der Waals surface area contributed by atoms with Crippen molar-refractivity contribution in [1.82, 2.24) is 15.3 Å². The van der Waals surface area contributed by atoms with E-state index < -0.39 is 17.3 Å². The average Bonchev–Trinajstić information content (AvgIpc) is 3.23. The lowest BCUT2D eigenvalue weighted by Gasteiger charge is -2.39. The molecule has 1 atom stereocenters. The number of hydrogen-bond donors (Lipinski definition) is 1. The van der Waals surface area contributed by atoms with E-state index in [1.54, 1.807) is 18.3 Å².